The summed E-state index contributed by atoms with van der Waals surface area (Å²) >= 11 is 0. The van der Waals surface area contributed by atoms with Crippen molar-refractivity contribution in [2.75, 3.05) is 11.9 Å². The van der Waals surface area contributed by atoms with Crippen molar-refractivity contribution in [1.29, 1.82) is 0 Å². The second-order valence-electron chi connectivity index (χ2n) is 6.67. The largest absolute Gasteiger partial charge is 0.338 e. The van der Waals surface area contributed by atoms with Crippen LogP contribution in [-0.2, 0) is 22.6 Å². The van der Waals surface area contributed by atoms with E-state index in [0.717, 1.165) is 49.9 Å². The summed E-state index contributed by atoms with van der Waals surface area (Å²) in [4.78, 5) is 26.3. The van der Waals surface area contributed by atoms with Crippen LogP contribution in [0, 0.1) is 5.92 Å². The number of hydrogen-bond acceptors (Lipinski definition) is 2. The molecule has 0 aliphatic carbocycles. The lowest BCUT2D eigenvalue weighted by Crippen LogP contribution is -2.35. The molecule has 0 spiro atoms. The van der Waals surface area contributed by atoms with Gasteiger partial charge in [0, 0.05) is 31.1 Å². The van der Waals surface area contributed by atoms with Crippen molar-refractivity contribution in [3.8, 4) is 0 Å². The quantitative estimate of drug-likeness (QED) is 0.817. The number of benzene rings is 1. The zero-order valence-corrected chi connectivity index (χ0v) is 15.2. The standard InChI is InChI=1S/C20H30N2O2/c1-4-7-16(8-5-2)20(24)21-18-10-9-15-11-12-22(19(23)6-3)14-17(15)13-18/h9-10,13,16H,4-8,11-12,14H2,1-3H3,(H,21,24). The molecule has 1 aromatic rings. The molecule has 0 unspecified atom stereocenters. The lowest BCUT2D eigenvalue weighted by molar-refractivity contribution is -0.131. The summed E-state index contributed by atoms with van der Waals surface area (Å²) < 4.78 is 0. The van der Waals surface area contributed by atoms with E-state index in [4.69, 9.17) is 0 Å². The Labute approximate surface area is 145 Å². The molecule has 4 heteroatoms. The maximum absolute atomic E-state index is 12.5. The number of hydrogen-bond donors (Lipinski definition) is 1. The highest BCUT2D eigenvalue weighted by molar-refractivity contribution is 5.92. The highest BCUT2D eigenvalue weighted by Gasteiger charge is 2.21. The molecule has 1 aliphatic rings. The Balaban J connectivity index is 2.07. The molecule has 1 aromatic carbocycles. The van der Waals surface area contributed by atoms with Crippen molar-refractivity contribution < 1.29 is 9.59 Å². The van der Waals surface area contributed by atoms with Crippen LogP contribution in [0.15, 0.2) is 18.2 Å². The van der Waals surface area contributed by atoms with Crippen LogP contribution in [0.3, 0.4) is 0 Å². The van der Waals surface area contributed by atoms with E-state index >= 15 is 0 Å². The number of nitrogens with one attached hydrogen (secondary N) is 1. The number of amides is 2. The molecule has 1 aliphatic heterocycles. The summed E-state index contributed by atoms with van der Waals surface area (Å²) in [6.07, 6.45) is 5.35. The van der Waals surface area contributed by atoms with Crippen LogP contribution in [0.25, 0.3) is 0 Å². The number of carbonyl (C=O) groups excluding carboxylic acids is 2. The van der Waals surface area contributed by atoms with E-state index in [1.54, 1.807) is 0 Å². The van der Waals surface area contributed by atoms with E-state index in [-0.39, 0.29) is 17.7 Å². The zero-order valence-electron chi connectivity index (χ0n) is 15.2. The summed E-state index contributed by atoms with van der Waals surface area (Å²) in [6, 6.07) is 6.12. The Morgan fingerprint density at radius 1 is 1.12 bits per heavy atom. The average molecular weight is 330 g/mol. The molecule has 0 atom stereocenters. The lowest BCUT2D eigenvalue weighted by atomic mass is 9.96. The van der Waals surface area contributed by atoms with Crippen LogP contribution >= 0.6 is 0 Å². The number of nitrogens with zero attached hydrogens (tertiary/aromatic N) is 1. The molecular weight excluding hydrogens is 300 g/mol. The van der Waals surface area contributed by atoms with Crippen LogP contribution in [0.1, 0.15) is 64.0 Å². The first-order valence-electron chi connectivity index (χ1n) is 9.29. The predicted molar refractivity (Wildman–Crippen MR) is 97.8 cm³/mol. The van der Waals surface area contributed by atoms with Gasteiger partial charge in [0.2, 0.25) is 11.8 Å². The summed E-state index contributed by atoms with van der Waals surface area (Å²) in [5.41, 5.74) is 3.29. The minimum atomic E-state index is 0.0919. The molecule has 1 N–H and O–H groups in total. The Hall–Kier alpha value is -1.84. The first kappa shape index (κ1) is 18.5. The first-order chi connectivity index (χ1) is 11.6. The highest BCUT2D eigenvalue weighted by Crippen LogP contribution is 2.24. The Morgan fingerprint density at radius 3 is 2.46 bits per heavy atom. The third-order valence-corrected chi connectivity index (χ3v) is 4.79. The SMILES string of the molecule is CCCC(CCC)C(=O)Nc1ccc2c(c1)CN(C(=O)CC)CC2. The van der Waals surface area contributed by atoms with Crippen molar-refractivity contribution in [3.63, 3.8) is 0 Å². The van der Waals surface area contributed by atoms with Gasteiger partial charge >= 0.3 is 0 Å². The van der Waals surface area contributed by atoms with Gasteiger partial charge in [-0.2, -0.15) is 0 Å². The molecule has 1 heterocycles. The van der Waals surface area contributed by atoms with Crippen LogP contribution in [-0.4, -0.2) is 23.3 Å². The maximum Gasteiger partial charge on any atom is 0.227 e. The normalized spacial score (nSPS) is 13.8. The number of fused-ring (bicyclic) bond motifs is 1. The second kappa shape index (κ2) is 8.86. The fourth-order valence-corrected chi connectivity index (χ4v) is 3.42. The topological polar surface area (TPSA) is 49.4 Å². The van der Waals surface area contributed by atoms with E-state index in [9.17, 15) is 9.59 Å². The third-order valence-electron chi connectivity index (χ3n) is 4.79. The zero-order chi connectivity index (χ0) is 17.5. The Morgan fingerprint density at radius 2 is 1.83 bits per heavy atom. The number of anilines is 1. The summed E-state index contributed by atoms with van der Waals surface area (Å²) in [6.45, 7) is 7.58. The van der Waals surface area contributed by atoms with E-state index in [2.05, 4.69) is 25.2 Å². The van der Waals surface area contributed by atoms with Crippen molar-refractivity contribution in [1.82, 2.24) is 4.90 Å². The van der Waals surface area contributed by atoms with Gasteiger partial charge < -0.3 is 10.2 Å². The Kier molecular flexibility index (Phi) is 6.83. The molecule has 0 saturated heterocycles. The molecule has 4 nitrogen and oxygen atoms in total. The molecule has 2 rings (SSSR count). The molecule has 0 fully saturated rings. The monoisotopic (exact) mass is 330 g/mol. The van der Waals surface area contributed by atoms with Crippen molar-refractivity contribution >= 4 is 17.5 Å². The minimum Gasteiger partial charge on any atom is -0.338 e. The van der Waals surface area contributed by atoms with E-state index in [1.165, 1.54) is 5.56 Å². The van der Waals surface area contributed by atoms with Crippen molar-refractivity contribution in [2.45, 2.75) is 65.8 Å². The molecule has 0 radical (unpaired) electrons. The van der Waals surface area contributed by atoms with Gasteiger partial charge in [-0.3, -0.25) is 9.59 Å². The first-order valence-corrected chi connectivity index (χ1v) is 9.29. The third kappa shape index (κ3) is 4.59. The molecule has 24 heavy (non-hydrogen) atoms. The van der Waals surface area contributed by atoms with Gasteiger partial charge in [0.1, 0.15) is 0 Å². The van der Waals surface area contributed by atoms with Gasteiger partial charge in [0.05, 0.1) is 0 Å². The predicted octanol–water partition coefficient (Wildman–Crippen LogP) is 4.14. The fraction of sp³-hybridized carbons (Fsp3) is 0.600. The molecule has 0 aromatic heterocycles. The van der Waals surface area contributed by atoms with Gasteiger partial charge in [-0.25, -0.2) is 0 Å². The molecule has 0 saturated carbocycles. The number of rotatable bonds is 7. The van der Waals surface area contributed by atoms with Crippen LogP contribution in [0.5, 0.6) is 0 Å². The van der Waals surface area contributed by atoms with E-state index < -0.39 is 0 Å². The second-order valence-corrected chi connectivity index (χ2v) is 6.67. The summed E-state index contributed by atoms with van der Waals surface area (Å²) in [7, 11) is 0. The maximum atomic E-state index is 12.5. The van der Waals surface area contributed by atoms with Crippen LogP contribution in [0.2, 0.25) is 0 Å². The molecule has 2 amide bonds. The summed E-state index contributed by atoms with van der Waals surface area (Å²) in [5.74, 6) is 0.409. The minimum absolute atomic E-state index is 0.0919. The van der Waals surface area contributed by atoms with E-state index in [1.807, 2.05) is 24.0 Å². The van der Waals surface area contributed by atoms with Gasteiger partial charge in [-0.15, -0.1) is 0 Å². The highest BCUT2D eigenvalue weighted by atomic mass is 16.2. The fourth-order valence-electron chi connectivity index (χ4n) is 3.42. The van der Waals surface area contributed by atoms with Crippen molar-refractivity contribution in [2.24, 2.45) is 5.92 Å². The molecule has 0 bridgehead atoms. The summed E-state index contributed by atoms with van der Waals surface area (Å²) in [5, 5.41) is 3.08. The van der Waals surface area contributed by atoms with Gasteiger partial charge in [-0.05, 0) is 42.5 Å². The molecule has 132 valence electrons. The van der Waals surface area contributed by atoms with Gasteiger partial charge in [0.25, 0.3) is 0 Å². The van der Waals surface area contributed by atoms with Crippen LogP contribution in [0.4, 0.5) is 5.69 Å². The number of carbonyl (C=O) groups is 2. The molecular formula is C20H30N2O2. The smallest absolute Gasteiger partial charge is 0.227 e. The van der Waals surface area contributed by atoms with E-state index in [0.29, 0.717) is 13.0 Å². The van der Waals surface area contributed by atoms with Gasteiger partial charge in [-0.1, -0.05) is 39.7 Å². The van der Waals surface area contributed by atoms with Gasteiger partial charge in [0.15, 0.2) is 0 Å². The van der Waals surface area contributed by atoms with Crippen LogP contribution < -0.4 is 5.32 Å². The van der Waals surface area contributed by atoms with Crippen molar-refractivity contribution in [3.05, 3.63) is 29.3 Å². The Bertz CT molecular complexity index is 577. The average Bonchev–Trinajstić information content (AvgIpc) is 2.60. The lowest BCUT2D eigenvalue weighted by Gasteiger charge is -2.29.